The van der Waals surface area contributed by atoms with E-state index in [0.717, 1.165) is 24.5 Å². The Hall–Kier alpha value is -1.36. The van der Waals surface area contributed by atoms with Gasteiger partial charge >= 0.3 is 12.0 Å². The number of hydrogen-bond acceptors (Lipinski definition) is 3. The maximum Gasteiger partial charge on any atom is 0.416 e. The van der Waals surface area contributed by atoms with Crippen molar-refractivity contribution >= 4 is 12.0 Å². The third-order valence-corrected chi connectivity index (χ3v) is 4.63. The summed E-state index contributed by atoms with van der Waals surface area (Å²) in [4.78, 5) is 23.3. The Balaban J connectivity index is 2.42. The van der Waals surface area contributed by atoms with Gasteiger partial charge in [-0.15, -0.1) is 0 Å². The van der Waals surface area contributed by atoms with Crippen molar-refractivity contribution in [3.05, 3.63) is 12.7 Å². The average Bonchev–Trinajstić information content (AvgIpc) is 2.81. The topological polar surface area (TPSA) is 55.4 Å². The molecule has 0 aromatic heterocycles. The van der Waals surface area contributed by atoms with Gasteiger partial charge in [0.2, 0.25) is 0 Å². The largest absolute Gasteiger partial charge is 0.461 e. The SMILES string of the molecule is C=CC(=O)OCCNC(=O)[N+](C)(C)CC1CC(C)CC1CC. The molecule has 2 amide bonds. The highest BCUT2D eigenvalue weighted by Gasteiger charge is 2.38. The molecule has 0 aromatic carbocycles. The van der Waals surface area contributed by atoms with Gasteiger partial charge in [-0.05, 0) is 24.7 Å². The molecule has 0 bridgehead atoms. The first-order valence-electron chi connectivity index (χ1n) is 8.20. The smallest absolute Gasteiger partial charge is 0.416 e. The zero-order valence-electron chi connectivity index (χ0n) is 14.4. The third kappa shape index (κ3) is 5.44. The summed E-state index contributed by atoms with van der Waals surface area (Å²) in [7, 11) is 3.89. The number of ether oxygens (including phenoxy) is 1. The van der Waals surface area contributed by atoms with Crippen LogP contribution in [0.4, 0.5) is 4.79 Å². The molecule has 3 atom stereocenters. The maximum absolute atomic E-state index is 12.3. The Bertz CT molecular complexity index is 407. The lowest BCUT2D eigenvalue weighted by molar-refractivity contribution is -0.813. The predicted molar refractivity (Wildman–Crippen MR) is 87.2 cm³/mol. The molecule has 0 aliphatic heterocycles. The molecule has 1 aliphatic rings. The average molecular weight is 311 g/mol. The van der Waals surface area contributed by atoms with Crippen LogP contribution in [0.3, 0.4) is 0 Å². The molecule has 1 N–H and O–H groups in total. The van der Waals surface area contributed by atoms with E-state index in [1.807, 2.05) is 14.1 Å². The molecule has 126 valence electrons. The van der Waals surface area contributed by atoms with Crippen LogP contribution in [0.2, 0.25) is 0 Å². The number of carbonyl (C=O) groups is 2. The van der Waals surface area contributed by atoms with Gasteiger partial charge in [0.25, 0.3) is 0 Å². The summed E-state index contributed by atoms with van der Waals surface area (Å²) in [5, 5.41) is 2.84. The fourth-order valence-electron chi connectivity index (χ4n) is 3.49. The van der Waals surface area contributed by atoms with Gasteiger partial charge < -0.3 is 10.1 Å². The molecule has 1 aliphatic carbocycles. The monoisotopic (exact) mass is 311 g/mol. The summed E-state index contributed by atoms with van der Waals surface area (Å²) in [5.74, 6) is 1.64. The number of rotatable bonds is 7. The van der Waals surface area contributed by atoms with E-state index < -0.39 is 5.97 Å². The van der Waals surface area contributed by atoms with Gasteiger partial charge in [-0.25, -0.2) is 14.1 Å². The minimum Gasteiger partial charge on any atom is -0.461 e. The number of nitrogens with one attached hydrogen (secondary N) is 1. The summed E-state index contributed by atoms with van der Waals surface area (Å²) < 4.78 is 5.18. The number of hydrogen-bond donors (Lipinski definition) is 1. The molecule has 0 heterocycles. The molecule has 22 heavy (non-hydrogen) atoms. The molecule has 0 aromatic rings. The fraction of sp³-hybridized carbons (Fsp3) is 0.765. The van der Waals surface area contributed by atoms with E-state index in [-0.39, 0.29) is 12.6 Å². The lowest BCUT2D eigenvalue weighted by Gasteiger charge is -2.31. The highest BCUT2D eigenvalue weighted by molar-refractivity contribution is 5.81. The van der Waals surface area contributed by atoms with Gasteiger partial charge in [-0.3, -0.25) is 0 Å². The summed E-state index contributed by atoms with van der Waals surface area (Å²) >= 11 is 0. The van der Waals surface area contributed by atoms with Crippen LogP contribution in [0.15, 0.2) is 12.7 Å². The second-order valence-electron chi connectivity index (χ2n) is 6.98. The van der Waals surface area contributed by atoms with Crippen molar-refractivity contribution < 1.29 is 18.8 Å². The minimum absolute atomic E-state index is 0.0240. The minimum atomic E-state index is -0.464. The zero-order valence-corrected chi connectivity index (χ0v) is 14.4. The van der Waals surface area contributed by atoms with E-state index in [2.05, 4.69) is 25.7 Å². The standard InChI is InChI=1S/C17H30N2O3/c1-6-14-10-13(3)11-15(14)12-19(4,5)17(21)18-8-9-22-16(20)7-2/h7,13-15H,2,6,8-12H2,1,3-5H3/p+1. The van der Waals surface area contributed by atoms with Crippen LogP contribution in [0.5, 0.6) is 0 Å². The van der Waals surface area contributed by atoms with Crippen molar-refractivity contribution in [2.75, 3.05) is 33.8 Å². The Kier molecular flexibility index (Phi) is 7.07. The van der Waals surface area contributed by atoms with Crippen LogP contribution in [0.1, 0.15) is 33.1 Å². The van der Waals surface area contributed by atoms with E-state index in [0.29, 0.717) is 16.9 Å². The van der Waals surface area contributed by atoms with Gasteiger partial charge in [0.15, 0.2) is 0 Å². The van der Waals surface area contributed by atoms with Gasteiger partial charge in [-0.2, -0.15) is 0 Å². The Morgan fingerprint density at radius 1 is 1.32 bits per heavy atom. The maximum atomic E-state index is 12.3. The van der Waals surface area contributed by atoms with Gasteiger partial charge in [0, 0.05) is 12.0 Å². The molecule has 1 saturated carbocycles. The van der Waals surface area contributed by atoms with Crippen LogP contribution >= 0.6 is 0 Å². The third-order valence-electron chi connectivity index (χ3n) is 4.63. The Morgan fingerprint density at radius 3 is 2.55 bits per heavy atom. The van der Waals surface area contributed by atoms with Crippen molar-refractivity contribution in [2.45, 2.75) is 33.1 Å². The summed E-state index contributed by atoms with van der Waals surface area (Å²) in [6, 6.07) is -0.0240. The molecule has 3 unspecified atom stereocenters. The number of quaternary nitrogens is 1. The van der Waals surface area contributed by atoms with Crippen LogP contribution in [-0.4, -0.2) is 50.3 Å². The molecule has 5 nitrogen and oxygen atoms in total. The quantitative estimate of drug-likeness (QED) is 0.340. The van der Waals surface area contributed by atoms with E-state index in [9.17, 15) is 9.59 Å². The van der Waals surface area contributed by atoms with E-state index in [1.165, 1.54) is 19.3 Å². The van der Waals surface area contributed by atoms with Gasteiger partial charge in [0.05, 0.1) is 27.2 Å². The van der Waals surface area contributed by atoms with Crippen molar-refractivity contribution in [3.63, 3.8) is 0 Å². The van der Waals surface area contributed by atoms with Crippen molar-refractivity contribution in [2.24, 2.45) is 17.8 Å². The highest BCUT2D eigenvalue weighted by atomic mass is 16.5. The second-order valence-corrected chi connectivity index (χ2v) is 6.98. The van der Waals surface area contributed by atoms with E-state index in [4.69, 9.17) is 4.74 Å². The van der Waals surface area contributed by atoms with Crippen LogP contribution in [-0.2, 0) is 9.53 Å². The van der Waals surface area contributed by atoms with E-state index >= 15 is 0 Å². The zero-order chi connectivity index (χ0) is 16.8. The number of carbonyl (C=O) groups excluding carboxylic acids is 2. The number of esters is 1. The summed E-state index contributed by atoms with van der Waals surface area (Å²) in [6.45, 7) is 9.24. The lowest BCUT2D eigenvalue weighted by atomic mass is 9.93. The first kappa shape index (κ1) is 18.7. The van der Waals surface area contributed by atoms with Crippen molar-refractivity contribution in [1.29, 1.82) is 0 Å². The second kappa shape index (κ2) is 8.32. The first-order chi connectivity index (χ1) is 10.3. The molecule has 0 saturated heterocycles. The fourth-order valence-corrected chi connectivity index (χ4v) is 3.49. The molecule has 1 fully saturated rings. The first-order valence-corrected chi connectivity index (χ1v) is 8.20. The van der Waals surface area contributed by atoms with Gasteiger partial charge in [0.1, 0.15) is 6.61 Å². The summed E-state index contributed by atoms with van der Waals surface area (Å²) in [5.41, 5.74) is 0. The summed E-state index contributed by atoms with van der Waals surface area (Å²) in [6.07, 6.45) is 4.80. The van der Waals surface area contributed by atoms with Crippen LogP contribution < -0.4 is 5.32 Å². The Morgan fingerprint density at radius 2 is 1.95 bits per heavy atom. The van der Waals surface area contributed by atoms with Crippen molar-refractivity contribution in [1.82, 2.24) is 5.32 Å². The molecule has 0 radical (unpaired) electrons. The van der Waals surface area contributed by atoms with Gasteiger partial charge in [-0.1, -0.05) is 26.8 Å². The van der Waals surface area contributed by atoms with E-state index in [1.54, 1.807) is 0 Å². The molecular formula is C17H31N2O3+. The van der Waals surface area contributed by atoms with Crippen LogP contribution in [0.25, 0.3) is 0 Å². The molecule has 1 rings (SSSR count). The molecule has 0 spiro atoms. The predicted octanol–water partition coefficient (Wildman–Crippen LogP) is 2.57. The number of amides is 2. The number of urea groups is 1. The molecular weight excluding hydrogens is 280 g/mol. The lowest BCUT2D eigenvalue weighted by Crippen LogP contribution is -2.54. The number of nitrogens with zero attached hydrogens (tertiary/aromatic N) is 1. The van der Waals surface area contributed by atoms with Crippen molar-refractivity contribution in [3.8, 4) is 0 Å². The highest BCUT2D eigenvalue weighted by Crippen LogP contribution is 2.39. The normalized spacial score (nSPS) is 24.8. The molecule has 5 heteroatoms. The Labute approximate surface area is 134 Å². The van der Waals surface area contributed by atoms with Crippen LogP contribution in [0, 0.1) is 17.8 Å².